The van der Waals surface area contributed by atoms with Gasteiger partial charge in [0.25, 0.3) is 0 Å². The molecule has 18 nitrogen and oxygen atoms in total. The van der Waals surface area contributed by atoms with Crippen molar-refractivity contribution >= 4 is 70.0 Å². The van der Waals surface area contributed by atoms with Crippen LogP contribution in [0, 0.1) is 5.92 Å². The van der Waals surface area contributed by atoms with Gasteiger partial charge in [-0.1, -0.05) is 48.5 Å². The number of hydrogen-bond donors (Lipinski definition) is 2. The topological polar surface area (TPSA) is 270 Å². The number of ketones is 4. The number of nitrogens with one attached hydrogen (secondary N) is 2. The fourth-order valence-corrected chi connectivity index (χ4v) is 5.35. The smallest absolute Gasteiger partial charge is 0.651 e. The summed E-state index contributed by atoms with van der Waals surface area (Å²) in [7, 11) is 3.14. The number of ether oxygens (including phenoxy) is 2. The molecule has 1 saturated carbocycles. The Balaban J connectivity index is -0.00000111. The fraction of sp³-hybridized carbons (Fsp3) is 0.488. The van der Waals surface area contributed by atoms with E-state index in [9.17, 15) is 47.9 Å². The summed E-state index contributed by atoms with van der Waals surface area (Å²) < 4.78 is 10.5. The molecule has 332 valence electrons. The van der Waals surface area contributed by atoms with E-state index in [2.05, 4.69) is 31.9 Å². The fourth-order valence-electron chi connectivity index (χ4n) is 5.35. The predicted octanol–water partition coefficient (Wildman–Crippen LogP) is -7.70. The first-order valence-electron chi connectivity index (χ1n) is 19.9. The van der Waals surface area contributed by atoms with Crippen molar-refractivity contribution in [2.45, 2.75) is 77.6 Å². The molecular formula is C43H54N6O12Rb4. The Bertz CT molecular complexity index is 1840. The maximum Gasteiger partial charge on any atom is 1.00 e. The van der Waals surface area contributed by atoms with Gasteiger partial charge >= 0.3 is 233 Å². The summed E-state index contributed by atoms with van der Waals surface area (Å²) in [6.45, 7) is 2.88. The minimum atomic E-state index is -0.615. The third-order valence-electron chi connectivity index (χ3n) is 8.66. The molecule has 0 spiro atoms. The average molecular weight is 1190 g/mol. The van der Waals surface area contributed by atoms with E-state index in [-0.39, 0.29) is 313 Å². The van der Waals surface area contributed by atoms with Crippen LogP contribution in [0.15, 0.2) is 48.5 Å². The van der Waals surface area contributed by atoms with E-state index in [0.29, 0.717) is 68.7 Å². The zero-order valence-electron chi connectivity index (χ0n) is 38.9. The van der Waals surface area contributed by atoms with E-state index >= 15 is 0 Å². The van der Waals surface area contributed by atoms with Crippen molar-refractivity contribution in [1.29, 1.82) is 0 Å². The van der Waals surface area contributed by atoms with Crippen molar-refractivity contribution in [1.82, 2.24) is 10.6 Å². The molecule has 2 N–H and O–H groups in total. The van der Waals surface area contributed by atoms with E-state index in [1.54, 1.807) is 62.6 Å². The molecule has 1 aliphatic carbocycles. The number of hydrogen-bond acceptors (Lipinski definition) is 12. The van der Waals surface area contributed by atoms with E-state index in [0.717, 1.165) is 5.56 Å². The SMILES string of the molecule is CNC(=O)CCCOCC[N-]C(=O)CC(=O)[N-]c1ccc(CC(=O)C2CCC2=O)cc1.CNC(=O)CCCOCC[N-]C(=O)CC(=O)[N-]c1ccc(CC(=O)CC(C)=O)cc1.[Rb+].[Rb+].[Rb+].[Rb+]. The number of Topliss-reactive ketones (excluding diaryl/α,β-unsaturated/α-hetero) is 4. The van der Waals surface area contributed by atoms with Crippen molar-refractivity contribution in [3.63, 3.8) is 0 Å². The van der Waals surface area contributed by atoms with Crippen LogP contribution >= 0.6 is 0 Å². The molecule has 0 saturated heterocycles. The Morgan fingerprint density at radius 3 is 1.35 bits per heavy atom. The molecule has 2 aromatic carbocycles. The minimum absolute atomic E-state index is 0. The van der Waals surface area contributed by atoms with Gasteiger partial charge in [0.2, 0.25) is 11.8 Å². The van der Waals surface area contributed by atoms with Crippen LogP contribution in [0.25, 0.3) is 21.3 Å². The summed E-state index contributed by atoms with van der Waals surface area (Å²) in [6.07, 6.45) is 2.36. The normalized spacial score (nSPS) is 11.9. The van der Waals surface area contributed by atoms with E-state index in [1.165, 1.54) is 6.92 Å². The minimum Gasteiger partial charge on any atom is -0.651 e. The predicted molar refractivity (Wildman–Crippen MR) is 223 cm³/mol. The first-order chi connectivity index (χ1) is 29.2. The molecular weight excluding hydrogens is 1130 g/mol. The average Bonchev–Trinajstić information content (AvgIpc) is 3.20. The van der Waals surface area contributed by atoms with Crippen LogP contribution in [-0.2, 0) is 70.3 Å². The van der Waals surface area contributed by atoms with E-state index in [4.69, 9.17) is 9.47 Å². The third kappa shape index (κ3) is 34.9. The molecule has 1 unspecified atom stereocenters. The summed E-state index contributed by atoms with van der Waals surface area (Å²) in [6, 6.07) is 13.0. The summed E-state index contributed by atoms with van der Waals surface area (Å²) in [5.74, 6) is -3.39. The number of amides is 6. The number of nitrogens with zero attached hydrogens (tertiary/aromatic N) is 4. The second-order valence-electron chi connectivity index (χ2n) is 13.8. The number of carbonyl (C=O) groups is 10. The second-order valence-corrected chi connectivity index (χ2v) is 13.8. The van der Waals surface area contributed by atoms with Gasteiger partial charge in [0.15, 0.2) is 0 Å². The monoisotopic (exact) mass is 1190 g/mol. The van der Waals surface area contributed by atoms with Crippen LogP contribution in [0.3, 0.4) is 0 Å². The number of rotatable bonds is 27. The van der Waals surface area contributed by atoms with Crippen LogP contribution in [0.1, 0.15) is 75.8 Å². The Hall–Kier alpha value is 1.08. The van der Waals surface area contributed by atoms with Gasteiger partial charge in [0.1, 0.15) is 23.1 Å². The third-order valence-corrected chi connectivity index (χ3v) is 8.66. The largest absolute Gasteiger partial charge is 1.00 e. The molecule has 3 rings (SSSR count). The molecule has 6 amide bonds. The van der Waals surface area contributed by atoms with Crippen molar-refractivity contribution in [2.75, 3.05) is 53.6 Å². The zero-order valence-corrected chi connectivity index (χ0v) is 58.6. The van der Waals surface area contributed by atoms with Gasteiger partial charge in [-0.2, -0.15) is 0 Å². The molecule has 0 heterocycles. The Morgan fingerprint density at radius 1 is 0.585 bits per heavy atom. The second kappa shape index (κ2) is 42.7. The van der Waals surface area contributed by atoms with Gasteiger partial charge in [-0.15, -0.1) is 24.5 Å². The van der Waals surface area contributed by atoms with Gasteiger partial charge in [0, 0.05) is 85.5 Å². The molecule has 0 radical (unpaired) electrons. The van der Waals surface area contributed by atoms with Crippen molar-refractivity contribution in [3.05, 3.63) is 80.9 Å². The summed E-state index contributed by atoms with van der Waals surface area (Å²) in [5, 5.41) is 20.2. The van der Waals surface area contributed by atoms with Gasteiger partial charge in [-0.3, -0.25) is 28.8 Å². The van der Waals surface area contributed by atoms with Gasteiger partial charge in [-0.25, -0.2) is 0 Å². The van der Waals surface area contributed by atoms with Crippen LogP contribution in [0.2, 0.25) is 0 Å². The molecule has 0 aliphatic heterocycles. The zero-order chi connectivity index (χ0) is 45.0. The van der Waals surface area contributed by atoms with Gasteiger partial charge in [0.05, 0.1) is 36.0 Å². The first-order valence-corrected chi connectivity index (χ1v) is 19.9. The molecule has 22 heteroatoms. The van der Waals surface area contributed by atoms with E-state index < -0.39 is 42.4 Å². The van der Waals surface area contributed by atoms with Crippen LogP contribution in [0.5, 0.6) is 0 Å². The molecule has 0 aromatic heterocycles. The van der Waals surface area contributed by atoms with Crippen LogP contribution < -0.4 is 243 Å². The summed E-state index contributed by atoms with van der Waals surface area (Å²) >= 11 is 0. The van der Waals surface area contributed by atoms with E-state index in [1.807, 2.05) is 0 Å². The quantitative estimate of drug-likeness (QED) is 0.0625. The van der Waals surface area contributed by atoms with Crippen LogP contribution in [-0.4, -0.2) is 112 Å². The standard InChI is InChI=1S/C22H29N3O6.C21H29N3O6.4Rb/c1-23-20(28)3-2-11-31-12-10-24-21(29)14-22(30)25-16-6-4-15(5-7-16)13-19(27)17-8-9-18(17)26;1-15(25)12-18(26)13-16-5-7-17(8-6-16)24-21(29)14-20(28)23-9-11-30-10-3-4-19(27)22-2;;;;/h4-7,17H,2-3,8-14H2,1H3,(H3,23,24,25,28,29,30);5-8H,3-4,9-14H2,1-2H3,(H3,22,23,24,27,28,29);;;;/q;;4*+1/p-4. The molecule has 1 atom stereocenters. The molecule has 65 heavy (non-hydrogen) atoms. The maximum atomic E-state index is 12.0. The maximum absolute atomic E-state index is 12.0. The summed E-state index contributed by atoms with van der Waals surface area (Å²) in [5.41, 5.74) is 2.22. The van der Waals surface area contributed by atoms with Crippen LogP contribution in [0.4, 0.5) is 11.4 Å². The number of carbonyl (C=O) groups excluding carboxylic acids is 10. The molecule has 2 aromatic rings. The molecule has 1 fully saturated rings. The molecule has 1 aliphatic rings. The van der Waals surface area contributed by atoms with Gasteiger partial charge in [-0.05, 0) is 37.3 Å². The van der Waals surface area contributed by atoms with Crippen molar-refractivity contribution < 1.29 is 290 Å². The Labute approximate surface area is 576 Å². The van der Waals surface area contributed by atoms with Crippen molar-refractivity contribution in [3.8, 4) is 0 Å². The first kappa shape index (κ1) is 70.3. The molecule has 0 bridgehead atoms. The summed E-state index contributed by atoms with van der Waals surface area (Å²) in [4.78, 5) is 115. The Morgan fingerprint density at radius 2 is 1.00 bits per heavy atom. The number of benzene rings is 2. The van der Waals surface area contributed by atoms with Gasteiger partial charge < -0.3 is 60.6 Å². The van der Waals surface area contributed by atoms with Crippen molar-refractivity contribution in [2.24, 2.45) is 5.92 Å². The Kier molecular flexibility index (Phi) is 46.2.